The number of hydrogen-bond acceptors (Lipinski definition) is 3. The number of halogens is 2. The van der Waals surface area contributed by atoms with Gasteiger partial charge in [-0.05, 0) is 44.7 Å². The molecule has 1 aliphatic heterocycles. The molecule has 2 rings (SSSR count). The largest absolute Gasteiger partial charge is 0.381 e. The van der Waals surface area contributed by atoms with Crippen molar-refractivity contribution in [2.75, 3.05) is 13.2 Å². The van der Waals surface area contributed by atoms with Gasteiger partial charge in [0.15, 0.2) is 0 Å². The van der Waals surface area contributed by atoms with Gasteiger partial charge in [0.05, 0.1) is 0 Å². The Morgan fingerprint density at radius 3 is 2.82 bits per heavy atom. The van der Waals surface area contributed by atoms with Gasteiger partial charge >= 0.3 is 0 Å². The fraction of sp³-hybridized carbons (Fsp3) is 0.600. The van der Waals surface area contributed by atoms with Crippen molar-refractivity contribution in [2.24, 2.45) is 0 Å². The lowest BCUT2D eigenvalue weighted by Gasteiger charge is -2.23. The van der Waals surface area contributed by atoms with Crippen molar-refractivity contribution in [3.05, 3.63) is 15.3 Å². The van der Waals surface area contributed by atoms with Gasteiger partial charge in [-0.1, -0.05) is 0 Å². The molecule has 1 aliphatic rings. The number of nitrogens with one attached hydrogen (secondary N) is 1. The van der Waals surface area contributed by atoms with Crippen LogP contribution < -0.4 is 5.32 Å². The Hall–Kier alpha value is -0.400. The highest BCUT2D eigenvalue weighted by Crippen LogP contribution is 2.16. The molecule has 0 aromatic carbocycles. The normalized spacial score (nSPS) is 17.1. The molecule has 1 amide bonds. The van der Waals surface area contributed by atoms with E-state index >= 15 is 0 Å². The first-order valence-electron chi connectivity index (χ1n) is 5.41. The van der Waals surface area contributed by atoms with Crippen molar-refractivity contribution in [2.45, 2.75) is 25.4 Å². The van der Waals surface area contributed by atoms with Crippen molar-refractivity contribution in [1.82, 2.24) is 15.1 Å². The molecule has 1 N–H and O–H groups in total. The Morgan fingerprint density at radius 2 is 2.24 bits per heavy atom. The second-order valence-electron chi connectivity index (χ2n) is 3.90. The molecule has 1 saturated heterocycles. The molecule has 0 aliphatic carbocycles. The Bertz CT molecular complexity index is 402. The van der Waals surface area contributed by atoms with E-state index in [9.17, 15) is 4.79 Å². The first kappa shape index (κ1) is 13.0. The Labute approximate surface area is 116 Å². The van der Waals surface area contributed by atoms with Gasteiger partial charge in [0.2, 0.25) is 5.91 Å². The van der Waals surface area contributed by atoms with Crippen LogP contribution in [-0.4, -0.2) is 34.9 Å². The van der Waals surface area contributed by atoms with E-state index in [4.69, 9.17) is 4.74 Å². The summed E-state index contributed by atoms with van der Waals surface area (Å²) in [5.74, 6) is -0.0202. The van der Waals surface area contributed by atoms with Gasteiger partial charge in [-0.3, -0.25) is 4.79 Å². The van der Waals surface area contributed by atoms with Gasteiger partial charge in [-0.2, -0.15) is 5.10 Å². The SMILES string of the molecule is O=C(Cn1nc(Br)cc1Br)NC1CCOCC1. The van der Waals surface area contributed by atoms with E-state index in [0.29, 0.717) is 4.60 Å². The molecule has 1 aromatic rings. The average Bonchev–Trinajstić information content (AvgIpc) is 2.58. The van der Waals surface area contributed by atoms with Crippen LogP contribution in [0.25, 0.3) is 0 Å². The topological polar surface area (TPSA) is 56.2 Å². The van der Waals surface area contributed by atoms with Crippen LogP contribution in [0.5, 0.6) is 0 Å². The zero-order chi connectivity index (χ0) is 12.3. The summed E-state index contributed by atoms with van der Waals surface area (Å²) in [6.45, 7) is 1.67. The van der Waals surface area contributed by atoms with Crippen LogP contribution in [0.4, 0.5) is 0 Å². The Kier molecular flexibility index (Phi) is 4.58. The van der Waals surface area contributed by atoms with E-state index in [1.54, 1.807) is 4.68 Å². The summed E-state index contributed by atoms with van der Waals surface area (Å²) < 4.78 is 8.34. The van der Waals surface area contributed by atoms with E-state index < -0.39 is 0 Å². The summed E-state index contributed by atoms with van der Waals surface area (Å²) in [6.07, 6.45) is 1.77. The summed E-state index contributed by atoms with van der Waals surface area (Å²) >= 11 is 6.60. The lowest BCUT2D eigenvalue weighted by molar-refractivity contribution is -0.123. The van der Waals surface area contributed by atoms with Gasteiger partial charge < -0.3 is 10.1 Å². The van der Waals surface area contributed by atoms with Crippen LogP contribution in [0.3, 0.4) is 0 Å². The Morgan fingerprint density at radius 1 is 1.53 bits per heavy atom. The molecule has 2 heterocycles. The third-order valence-electron chi connectivity index (χ3n) is 2.58. The fourth-order valence-electron chi connectivity index (χ4n) is 1.73. The summed E-state index contributed by atoms with van der Waals surface area (Å²) in [6, 6.07) is 2.04. The highest BCUT2D eigenvalue weighted by molar-refractivity contribution is 9.11. The number of carbonyl (C=O) groups excluding carboxylic acids is 1. The smallest absolute Gasteiger partial charge is 0.242 e. The monoisotopic (exact) mass is 365 g/mol. The molecular formula is C10H13Br2N3O2. The zero-order valence-corrected chi connectivity index (χ0v) is 12.3. The van der Waals surface area contributed by atoms with Gasteiger partial charge in [0.25, 0.3) is 0 Å². The van der Waals surface area contributed by atoms with E-state index in [-0.39, 0.29) is 18.5 Å². The molecule has 7 heteroatoms. The minimum Gasteiger partial charge on any atom is -0.381 e. The Balaban J connectivity index is 1.86. The molecule has 17 heavy (non-hydrogen) atoms. The number of carbonyl (C=O) groups is 1. The van der Waals surface area contributed by atoms with Gasteiger partial charge in [-0.15, -0.1) is 0 Å². The van der Waals surface area contributed by atoms with Crippen LogP contribution in [0, 0.1) is 0 Å². The predicted octanol–water partition coefficient (Wildman–Crippen LogP) is 1.70. The molecule has 94 valence electrons. The molecule has 0 saturated carbocycles. The third kappa shape index (κ3) is 3.79. The molecule has 0 spiro atoms. The maximum Gasteiger partial charge on any atom is 0.242 e. The fourth-order valence-corrected chi connectivity index (χ4v) is 2.86. The quantitative estimate of drug-likeness (QED) is 0.885. The number of aromatic nitrogens is 2. The summed E-state index contributed by atoms with van der Waals surface area (Å²) in [5, 5.41) is 7.13. The molecular weight excluding hydrogens is 354 g/mol. The number of amides is 1. The number of nitrogens with zero attached hydrogens (tertiary/aromatic N) is 2. The van der Waals surface area contributed by atoms with Crippen molar-refractivity contribution < 1.29 is 9.53 Å². The van der Waals surface area contributed by atoms with Crippen molar-refractivity contribution in [1.29, 1.82) is 0 Å². The third-order valence-corrected chi connectivity index (χ3v) is 3.61. The zero-order valence-electron chi connectivity index (χ0n) is 9.16. The van der Waals surface area contributed by atoms with Crippen molar-refractivity contribution in [3.63, 3.8) is 0 Å². The average molecular weight is 367 g/mol. The second-order valence-corrected chi connectivity index (χ2v) is 5.53. The maximum atomic E-state index is 11.8. The molecule has 0 bridgehead atoms. The van der Waals surface area contributed by atoms with Gasteiger partial charge in [0, 0.05) is 25.3 Å². The highest BCUT2D eigenvalue weighted by atomic mass is 79.9. The highest BCUT2D eigenvalue weighted by Gasteiger charge is 2.17. The van der Waals surface area contributed by atoms with Gasteiger partial charge in [-0.25, -0.2) is 4.68 Å². The summed E-state index contributed by atoms with van der Waals surface area (Å²) in [5.41, 5.74) is 0. The molecule has 1 fully saturated rings. The van der Waals surface area contributed by atoms with Crippen LogP contribution in [0.15, 0.2) is 15.3 Å². The van der Waals surface area contributed by atoms with Crippen molar-refractivity contribution in [3.8, 4) is 0 Å². The van der Waals surface area contributed by atoms with E-state index in [0.717, 1.165) is 30.7 Å². The standard InChI is InChI=1S/C10H13Br2N3O2/c11-8-5-9(12)15(14-8)6-10(16)13-7-1-3-17-4-2-7/h5,7H,1-4,6H2,(H,13,16). The van der Waals surface area contributed by atoms with Gasteiger partial charge in [0.1, 0.15) is 15.8 Å². The maximum absolute atomic E-state index is 11.8. The number of hydrogen-bond donors (Lipinski definition) is 1. The first-order valence-corrected chi connectivity index (χ1v) is 6.99. The minimum atomic E-state index is -0.0202. The van der Waals surface area contributed by atoms with Crippen LogP contribution in [0.2, 0.25) is 0 Å². The van der Waals surface area contributed by atoms with E-state index in [1.165, 1.54) is 0 Å². The van der Waals surface area contributed by atoms with Crippen molar-refractivity contribution >= 4 is 37.8 Å². The molecule has 0 radical (unpaired) electrons. The lowest BCUT2D eigenvalue weighted by atomic mass is 10.1. The molecule has 0 unspecified atom stereocenters. The lowest BCUT2D eigenvalue weighted by Crippen LogP contribution is -2.40. The summed E-state index contributed by atoms with van der Waals surface area (Å²) in [4.78, 5) is 11.8. The van der Waals surface area contributed by atoms with E-state index in [2.05, 4.69) is 42.3 Å². The van der Waals surface area contributed by atoms with Crippen LogP contribution >= 0.6 is 31.9 Å². The molecule has 0 atom stereocenters. The molecule has 5 nitrogen and oxygen atoms in total. The van der Waals surface area contributed by atoms with Crippen LogP contribution in [-0.2, 0) is 16.1 Å². The molecule has 1 aromatic heterocycles. The number of rotatable bonds is 3. The second kappa shape index (κ2) is 5.97. The summed E-state index contributed by atoms with van der Waals surface area (Å²) in [7, 11) is 0. The van der Waals surface area contributed by atoms with Crippen LogP contribution in [0.1, 0.15) is 12.8 Å². The minimum absolute atomic E-state index is 0.0202. The predicted molar refractivity (Wildman–Crippen MR) is 69.6 cm³/mol. The van der Waals surface area contributed by atoms with E-state index in [1.807, 2.05) is 6.07 Å². The first-order chi connectivity index (χ1) is 8.15. The number of ether oxygens (including phenoxy) is 1.